The Morgan fingerprint density at radius 1 is 1.10 bits per heavy atom. The van der Waals surface area contributed by atoms with Crippen LogP contribution in [-0.2, 0) is 0 Å². The number of aromatic nitrogens is 3. The van der Waals surface area contributed by atoms with Crippen molar-refractivity contribution in [3.63, 3.8) is 0 Å². The minimum absolute atomic E-state index is 0.0502. The van der Waals surface area contributed by atoms with E-state index in [1.807, 2.05) is 19.1 Å². The van der Waals surface area contributed by atoms with Crippen LogP contribution in [0.25, 0.3) is 0 Å². The Morgan fingerprint density at radius 3 is 2.63 bits per heavy atom. The number of Topliss-reactive ketones (excluding diaryl/α,β-unsaturated/α-hetero) is 1. The number of nitrogens with one attached hydrogen (secondary N) is 2. The fraction of sp³-hybridized carbons (Fsp3) is 0.286. The number of nitrogens with zero attached hydrogens (tertiary/aromatic N) is 3. The first-order valence-corrected chi connectivity index (χ1v) is 11.4. The summed E-state index contributed by atoms with van der Waals surface area (Å²) in [4.78, 5) is 38.0. The first-order valence-electron chi connectivity index (χ1n) is 9.72. The van der Waals surface area contributed by atoms with Crippen LogP contribution < -0.4 is 10.6 Å². The molecule has 1 aliphatic rings. The Labute approximate surface area is 182 Å². The molecule has 2 aromatic heterocycles. The molecule has 2 amide bonds. The van der Waals surface area contributed by atoms with Crippen LogP contribution in [-0.4, -0.2) is 26.8 Å². The van der Waals surface area contributed by atoms with E-state index in [4.69, 9.17) is 0 Å². The lowest BCUT2D eigenvalue weighted by molar-refractivity contribution is 0.0923. The molecule has 0 unspecified atom stereocenters. The number of rotatable bonds is 6. The fourth-order valence-corrected chi connectivity index (χ4v) is 5.11. The molecule has 1 aliphatic carbocycles. The molecule has 0 radical (unpaired) electrons. The molecule has 7 nitrogen and oxygen atoms in total. The van der Waals surface area contributed by atoms with Gasteiger partial charge in [0.15, 0.2) is 16.1 Å². The summed E-state index contributed by atoms with van der Waals surface area (Å²) < 4.78 is 0.865. The van der Waals surface area contributed by atoms with Gasteiger partial charge in [-0.3, -0.25) is 10.1 Å². The van der Waals surface area contributed by atoms with Crippen LogP contribution in [0.3, 0.4) is 0 Å². The van der Waals surface area contributed by atoms with Gasteiger partial charge in [0.1, 0.15) is 0 Å². The van der Waals surface area contributed by atoms with Gasteiger partial charge in [-0.15, -0.1) is 0 Å². The molecular formula is C21H21N5O2S2. The molecule has 0 bridgehead atoms. The second-order valence-electron chi connectivity index (χ2n) is 7.09. The van der Waals surface area contributed by atoms with Crippen molar-refractivity contribution in [2.45, 2.75) is 42.0 Å². The van der Waals surface area contributed by atoms with Crippen molar-refractivity contribution in [1.82, 2.24) is 15.0 Å². The topological polar surface area (TPSA) is 96.9 Å². The zero-order valence-corrected chi connectivity index (χ0v) is 18.1. The van der Waals surface area contributed by atoms with Gasteiger partial charge in [0.25, 0.3) is 0 Å². The minimum atomic E-state index is -0.429. The van der Waals surface area contributed by atoms with Gasteiger partial charge in [-0.25, -0.2) is 19.7 Å². The Bertz CT molecular complexity index is 1050. The van der Waals surface area contributed by atoms with E-state index >= 15 is 0 Å². The van der Waals surface area contributed by atoms with E-state index < -0.39 is 6.03 Å². The third kappa shape index (κ3) is 5.03. The summed E-state index contributed by atoms with van der Waals surface area (Å²) in [6, 6.07) is 6.85. The van der Waals surface area contributed by atoms with Crippen molar-refractivity contribution in [3.05, 3.63) is 54.0 Å². The molecule has 1 aromatic carbocycles. The average Bonchev–Trinajstić information content (AvgIpc) is 3.42. The zero-order chi connectivity index (χ0) is 20.9. The van der Waals surface area contributed by atoms with Gasteiger partial charge >= 0.3 is 6.03 Å². The highest BCUT2D eigenvalue weighted by atomic mass is 32.2. The van der Waals surface area contributed by atoms with Crippen molar-refractivity contribution in [1.29, 1.82) is 0 Å². The standard InChI is InChI=1S/C21H21N5O2S2/c1-13-7-8-16(15(11-13)18(27)14-5-2-3-6-14)25-19(28)26-21-24-12-17(30-21)29-20-22-9-4-10-23-20/h4,7-12,14H,2-3,5-6H2,1H3,(H2,24,25,26,28). The number of anilines is 2. The molecule has 154 valence electrons. The van der Waals surface area contributed by atoms with E-state index in [1.165, 1.54) is 23.1 Å². The third-order valence-electron chi connectivity index (χ3n) is 4.85. The summed E-state index contributed by atoms with van der Waals surface area (Å²) >= 11 is 2.71. The predicted molar refractivity (Wildman–Crippen MR) is 118 cm³/mol. The number of benzene rings is 1. The van der Waals surface area contributed by atoms with Gasteiger partial charge in [0, 0.05) is 23.9 Å². The minimum Gasteiger partial charge on any atom is -0.307 e. The fourth-order valence-electron chi connectivity index (χ4n) is 3.42. The molecular weight excluding hydrogens is 418 g/mol. The third-order valence-corrected chi connectivity index (χ3v) is 6.76. The molecule has 3 aromatic rings. The largest absolute Gasteiger partial charge is 0.325 e. The molecule has 0 aliphatic heterocycles. The number of amides is 2. The quantitative estimate of drug-likeness (QED) is 0.394. The van der Waals surface area contributed by atoms with E-state index in [9.17, 15) is 9.59 Å². The number of urea groups is 1. The van der Waals surface area contributed by atoms with Crippen molar-refractivity contribution in [2.24, 2.45) is 5.92 Å². The van der Waals surface area contributed by atoms with Crippen molar-refractivity contribution in [3.8, 4) is 0 Å². The van der Waals surface area contributed by atoms with Gasteiger partial charge in [0.05, 0.1) is 16.1 Å². The van der Waals surface area contributed by atoms with Gasteiger partial charge in [0.2, 0.25) is 0 Å². The summed E-state index contributed by atoms with van der Waals surface area (Å²) in [5, 5.41) is 6.63. The molecule has 0 atom stereocenters. The first-order chi connectivity index (χ1) is 14.6. The molecule has 0 spiro atoms. The molecule has 4 rings (SSSR count). The van der Waals surface area contributed by atoms with Gasteiger partial charge in [-0.05, 0) is 49.7 Å². The highest BCUT2D eigenvalue weighted by molar-refractivity contribution is 8.01. The maximum atomic E-state index is 12.9. The summed E-state index contributed by atoms with van der Waals surface area (Å²) in [5.41, 5.74) is 2.10. The molecule has 9 heteroatoms. The number of carbonyl (C=O) groups excluding carboxylic acids is 2. The molecule has 1 saturated carbocycles. The Kier molecular flexibility index (Phi) is 6.39. The van der Waals surface area contributed by atoms with Crippen LogP contribution >= 0.6 is 23.1 Å². The van der Waals surface area contributed by atoms with E-state index in [0.717, 1.165) is 35.5 Å². The summed E-state index contributed by atoms with van der Waals surface area (Å²) in [6.07, 6.45) is 9.03. The van der Waals surface area contributed by atoms with Gasteiger partial charge < -0.3 is 5.32 Å². The average molecular weight is 440 g/mol. The Morgan fingerprint density at radius 2 is 1.87 bits per heavy atom. The lowest BCUT2D eigenvalue weighted by Gasteiger charge is -2.14. The Balaban J connectivity index is 1.42. The molecule has 2 heterocycles. The molecule has 30 heavy (non-hydrogen) atoms. The number of thiazole rings is 1. The highest BCUT2D eigenvalue weighted by Gasteiger charge is 2.26. The normalized spacial score (nSPS) is 13.9. The maximum Gasteiger partial charge on any atom is 0.325 e. The first kappa shape index (κ1) is 20.5. The summed E-state index contributed by atoms with van der Waals surface area (Å²) in [5.74, 6) is 0.163. The van der Waals surface area contributed by atoms with Crippen LogP contribution in [0.5, 0.6) is 0 Å². The van der Waals surface area contributed by atoms with Crippen LogP contribution in [0.4, 0.5) is 15.6 Å². The SMILES string of the molecule is Cc1ccc(NC(=O)Nc2ncc(Sc3ncccn3)s2)c(C(=O)C2CCCC2)c1. The van der Waals surface area contributed by atoms with Gasteiger partial charge in [-0.2, -0.15) is 0 Å². The number of aryl methyl sites for hydroxylation is 1. The number of hydrogen-bond acceptors (Lipinski definition) is 7. The summed E-state index contributed by atoms with van der Waals surface area (Å²) in [6.45, 7) is 1.94. The smallest absolute Gasteiger partial charge is 0.307 e. The van der Waals surface area contributed by atoms with Crippen LogP contribution in [0, 0.1) is 12.8 Å². The predicted octanol–water partition coefficient (Wildman–Crippen LogP) is 5.41. The van der Waals surface area contributed by atoms with Gasteiger partial charge in [-0.1, -0.05) is 35.8 Å². The Hall–Kier alpha value is -2.78. The number of carbonyl (C=O) groups is 2. The number of hydrogen-bond donors (Lipinski definition) is 2. The molecule has 2 N–H and O–H groups in total. The lowest BCUT2D eigenvalue weighted by atomic mass is 9.94. The zero-order valence-electron chi connectivity index (χ0n) is 16.4. The van der Waals surface area contributed by atoms with Crippen LogP contribution in [0.2, 0.25) is 0 Å². The van der Waals surface area contributed by atoms with E-state index in [1.54, 1.807) is 30.7 Å². The van der Waals surface area contributed by atoms with E-state index in [-0.39, 0.29) is 11.7 Å². The van der Waals surface area contributed by atoms with Crippen molar-refractivity contribution >= 4 is 45.7 Å². The second-order valence-corrected chi connectivity index (χ2v) is 9.39. The highest BCUT2D eigenvalue weighted by Crippen LogP contribution is 2.33. The van der Waals surface area contributed by atoms with Crippen molar-refractivity contribution in [2.75, 3.05) is 10.6 Å². The maximum absolute atomic E-state index is 12.9. The van der Waals surface area contributed by atoms with E-state index in [0.29, 0.717) is 21.5 Å². The monoisotopic (exact) mass is 439 g/mol. The summed E-state index contributed by atoms with van der Waals surface area (Å²) in [7, 11) is 0. The molecule has 0 saturated heterocycles. The number of ketones is 1. The second kappa shape index (κ2) is 9.36. The molecule has 1 fully saturated rings. The van der Waals surface area contributed by atoms with Crippen LogP contribution in [0.1, 0.15) is 41.6 Å². The van der Waals surface area contributed by atoms with E-state index in [2.05, 4.69) is 25.6 Å². The van der Waals surface area contributed by atoms with Crippen molar-refractivity contribution < 1.29 is 9.59 Å². The van der Waals surface area contributed by atoms with Crippen LogP contribution in [0.15, 0.2) is 52.2 Å². The lowest BCUT2D eigenvalue weighted by Crippen LogP contribution is -2.22.